The van der Waals surface area contributed by atoms with Gasteiger partial charge >= 0.3 is 0 Å². The van der Waals surface area contributed by atoms with Gasteiger partial charge in [-0.25, -0.2) is 0 Å². The second-order valence-corrected chi connectivity index (χ2v) is 5.51. The Morgan fingerprint density at radius 2 is 2.00 bits per heavy atom. The Labute approximate surface area is 125 Å². The summed E-state index contributed by atoms with van der Waals surface area (Å²) in [6.07, 6.45) is 1.12. The van der Waals surface area contributed by atoms with E-state index in [1.165, 1.54) is 11.1 Å². The molecule has 2 rings (SSSR count). The van der Waals surface area contributed by atoms with E-state index in [0.717, 1.165) is 22.6 Å². The molecule has 0 spiro atoms. The molecule has 1 heterocycles. The zero-order valence-electron chi connectivity index (χ0n) is 13.1. The van der Waals surface area contributed by atoms with E-state index < -0.39 is 0 Å². The molecule has 0 aliphatic heterocycles. The van der Waals surface area contributed by atoms with Crippen LogP contribution in [0, 0.1) is 27.7 Å². The van der Waals surface area contributed by atoms with E-state index >= 15 is 0 Å². The standard InChI is InChI=1S/C17H22N2O2/c1-11-5-6-15(12(2)9-11)10-18-17(20)8-7-16-13(3)19-21-14(16)4/h5-6,9H,7-8,10H2,1-4H3,(H,18,20). The molecule has 112 valence electrons. The van der Waals surface area contributed by atoms with Crippen LogP contribution in [0.15, 0.2) is 22.7 Å². The molecule has 0 radical (unpaired) electrons. The van der Waals surface area contributed by atoms with E-state index in [1.54, 1.807) is 0 Å². The van der Waals surface area contributed by atoms with Gasteiger partial charge in [0.1, 0.15) is 5.76 Å². The number of aromatic nitrogens is 1. The summed E-state index contributed by atoms with van der Waals surface area (Å²) >= 11 is 0. The number of aryl methyl sites for hydroxylation is 4. The minimum atomic E-state index is 0.0509. The molecule has 0 saturated heterocycles. The van der Waals surface area contributed by atoms with Crippen LogP contribution in [0.3, 0.4) is 0 Å². The lowest BCUT2D eigenvalue weighted by atomic mass is 10.1. The number of hydrogen-bond acceptors (Lipinski definition) is 3. The van der Waals surface area contributed by atoms with Crippen molar-refractivity contribution in [1.82, 2.24) is 10.5 Å². The van der Waals surface area contributed by atoms with Gasteiger partial charge in [-0.05, 0) is 45.2 Å². The van der Waals surface area contributed by atoms with Crippen molar-refractivity contribution in [2.75, 3.05) is 0 Å². The average molecular weight is 286 g/mol. The normalized spacial score (nSPS) is 10.7. The molecular weight excluding hydrogens is 264 g/mol. The summed E-state index contributed by atoms with van der Waals surface area (Å²) in [4.78, 5) is 12.0. The quantitative estimate of drug-likeness (QED) is 0.918. The summed E-state index contributed by atoms with van der Waals surface area (Å²) in [6.45, 7) is 8.49. The maximum atomic E-state index is 12.0. The fourth-order valence-corrected chi connectivity index (χ4v) is 2.42. The molecule has 4 nitrogen and oxygen atoms in total. The maximum Gasteiger partial charge on any atom is 0.220 e. The summed E-state index contributed by atoms with van der Waals surface area (Å²) in [6, 6.07) is 6.27. The van der Waals surface area contributed by atoms with E-state index in [9.17, 15) is 4.79 Å². The van der Waals surface area contributed by atoms with Crippen LogP contribution in [0.5, 0.6) is 0 Å². The number of nitrogens with one attached hydrogen (secondary N) is 1. The molecule has 1 aromatic heterocycles. The van der Waals surface area contributed by atoms with Gasteiger partial charge in [0, 0.05) is 18.5 Å². The fourth-order valence-electron chi connectivity index (χ4n) is 2.42. The molecule has 0 saturated carbocycles. The Bertz CT molecular complexity index is 625. The zero-order valence-corrected chi connectivity index (χ0v) is 13.1. The Morgan fingerprint density at radius 3 is 2.62 bits per heavy atom. The number of nitrogens with zero attached hydrogens (tertiary/aromatic N) is 1. The van der Waals surface area contributed by atoms with Gasteiger partial charge in [-0.2, -0.15) is 0 Å². The highest BCUT2D eigenvalue weighted by Crippen LogP contribution is 2.14. The molecule has 0 bridgehead atoms. The first kappa shape index (κ1) is 15.3. The van der Waals surface area contributed by atoms with Crippen molar-refractivity contribution in [2.24, 2.45) is 0 Å². The van der Waals surface area contributed by atoms with Crippen molar-refractivity contribution < 1.29 is 9.32 Å². The minimum Gasteiger partial charge on any atom is -0.361 e. The summed E-state index contributed by atoms with van der Waals surface area (Å²) in [5, 5.41) is 6.87. The van der Waals surface area contributed by atoms with Gasteiger partial charge in [-0.15, -0.1) is 0 Å². The van der Waals surface area contributed by atoms with Crippen LogP contribution < -0.4 is 5.32 Å². The van der Waals surface area contributed by atoms with Gasteiger partial charge < -0.3 is 9.84 Å². The molecule has 21 heavy (non-hydrogen) atoms. The third-order valence-electron chi connectivity index (χ3n) is 3.76. The highest BCUT2D eigenvalue weighted by atomic mass is 16.5. The topological polar surface area (TPSA) is 55.1 Å². The van der Waals surface area contributed by atoms with Crippen molar-refractivity contribution in [3.05, 3.63) is 51.9 Å². The smallest absolute Gasteiger partial charge is 0.220 e. The predicted octanol–water partition coefficient (Wildman–Crippen LogP) is 3.16. The first-order valence-electron chi connectivity index (χ1n) is 7.22. The number of carbonyl (C=O) groups is 1. The molecule has 4 heteroatoms. The molecule has 1 amide bonds. The van der Waals surface area contributed by atoms with Crippen LogP contribution in [0.25, 0.3) is 0 Å². The minimum absolute atomic E-state index is 0.0509. The molecule has 1 aromatic carbocycles. The van der Waals surface area contributed by atoms with Gasteiger partial charge in [-0.1, -0.05) is 28.9 Å². The molecule has 0 atom stereocenters. The van der Waals surface area contributed by atoms with E-state index in [4.69, 9.17) is 4.52 Å². The summed E-state index contributed by atoms with van der Waals surface area (Å²) in [5.74, 6) is 0.852. The molecule has 0 aliphatic carbocycles. The Morgan fingerprint density at radius 1 is 1.24 bits per heavy atom. The highest BCUT2D eigenvalue weighted by Gasteiger charge is 2.11. The van der Waals surface area contributed by atoms with E-state index in [-0.39, 0.29) is 5.91 Å². The van der Waals surface area contributed by atoms with Crippen LogP contribution in [-0.4, -0.2) is 11.1 Å². The molecule has 1 N–H and O–H groups in total. The Kier molecular flexibility index (Phi) is 4.78. The van der Waals surface area contributed by atoms with Crippen molar-refractivity contribution in [2.45, 2.75) is 47.1 Å². The highest BCUT2D eigenvalue weighted by molar-refractivity contribution is 5.76. The predicted molar refractivity (Wildman–Crippen MR) is 82.1 cm³/mol. The monoisotopic (exact) mass is 286 g/mol. The zero-order chi connectivity index (χ0) is 15.4. The summed E-state index contributed by atoms with van der Waals surface area (Å²) in [7, 11) is 0. The molecular formula is C17H22N2O2. The van der Waals surface area contributed by atoms with Crippen LogP contribution in [0.2, 0.25) is 0 Å². The number of hydrogen-bond donors (Lipinski definition) is 1. The second-order valence-electron chi connectivity index (χ2n) is 5.51. The summed E-state index contributed by atoms with van der Waals surface area (Å²) < 4.78 is 5.10. The third kappa shape index (κ3) is 3.94. The first-order valence-corrected chi connectivity index (χ1v) is 7.22. The van der Waals surface area contributed by atoms with Gasteiger partial charge in [0.05, 0.1) is 5.69 Å². The number of amides is 1. The lowest BCUT2D eigenvalue weighted by Gasteiger charge is -2.09. The average Bonchev–Trinajstić information content (AvgIpc) is 2.75. The van der Waals surface area contributed by atoms with Crippen LogP contribution in [0.4, 0.5) is 0 Å². The number of carbonyl (C=O) groups excluding carboxylic acids is 1. The van der Waals surface area contributed by atoms with Crippen molar-refractivity contribution in [3.8, 4) is 0 Å². The van der Waals surface area contributed by atoms with Gasteiger partial charge in [0.2, 0.25) is 5.91 Å². The second kappa shape index (κ2) is 6.57. The largest absolute Gasteiger partial charge is 0.361 e. The third-order valence-corrected chi connectivity index (χ3v) is 3.76. The maximum absolute atomic E-state index is 12.0. The lowest BCUT2D eigenvalue weighted by molar-refractivity contribution is -0.121. The first-order chi connectivity index (χ1) is 9.97. The van der Waals surface area contributed by atoms with Crippen LogP contribution >= 0.6 is 0 Å². The van der Waals surface area contributed by atoms with Crippen molar-refractivity contribution >= 4 is 5.91 Å². The number of rotatable bonds is 5. The molecule has 0 unspecified atom stereocenters. The van der Waals surface area contributed by atoms with E-state index in [0.29, 0.717) is 19.4 Å². The SMILES string of the molecule is Cc1ccc(CNC(=O)CCc2c(C)noc2C)c(C)c1. The van der Waals surface area contributed by atoms with Gasteiger partial charge in [0.25, 0.3) is 0 Å². The number of benzene rings is 1. The van der Waals surface area contributed by atoms with Gasteiger partial charge in [0.15, 0.2) is 0 Å². The van der Waals surface area contributed by atoms with Crippen molar-refractivity contribution in [1.29, 1.82) is 0 Å². The molecule has 0 fully saturated rings. The van der Waals surface area contributed by atoms with Crippen LogP contribution in [0.1, 0.15) is 40.1 Å². The van der Waals surface area contributed by atoms with Gasteiger partial charge in [-0.3, -0.25) is 4.79 Å². The van der Waals surface area contributed by atoms with E-state index in [2.05, 4.69) is 42.5 Å². The Hall–Kier alpha value is -2.10. The summed E-state index contributed by atoms with van der Waals surface area (Å²) in [5.41, 5.74) is 5.51. The Balaban J connectivity index is 1.85. The van der Waals surface area contributed by atoms with Crippen molar-refractivity contribution in [3.63, 3.8) is 0 Å². The molecule has 2 aromatic rings. The van der Waals surface area contributed by atoms with Crippen LogP contribution in [-0.2, 0) is 17.8 Å². The van der Waals surface area contributed by atoms with E-state index in [1.807, 2.05) is 13.8 Å². The molecule has 0 aliphatic rings. The lowest BCUT2D eigenvalue weighted by Crippen LogP contribution is -2.23. The fraction of sp³-hybridized carbons (Fsp3) is 0.412.